The van der Waals surface area contributed by atoms with E-state index in [9.17, 15) is 0 Å². The number of benzene rings is 5. The largest absolute Gasteiger partial charge is 0.403 e. The molecule has 304 valence electrons. The van der Waals surface area contributed by atoms with Crippen LogP contribution in [0.25, 0.3) is 112 Å². The highest BCUT2D eigenvalue weighted by molar-refractivity contribution is 6.15. The van der Waals surface area contributed by atoms with Gasteiger partial charge in [0.25, 0.3) is 0 Å². The third kappa shape index (κ3) is 5.97. The molecular formula is C57H46N6. The van der Waals surface area contributed by atoms with Crippen LogP contribution in [0.4, 0.5) is 0 Å². The number of aromatic nitrogens is 5. The van der Waals surface area contributed by atoms with E-state index in [2.05, 4.69) is 150 Å². The van der Waals surface area contributed by atoms with Gasteiger partial charge in [-0.05, 0) is 145 Å². The molecule has 0 spiro atoms. The molecule has 2 N–H and O–H groups in total. The lowest BCUT2D eigenvalue weighted by molar-refractivity contribution is 0.617. The van der Waals surface area contributed by atoms with Gasteiger partial charge in [0.15, 0.2) is 0 Å². The highest BCUT2D eigenvalue weighted by Crippen LogP contribution is 2.51. The Balaban J connectivity index is 1.16. The number of fused-ring (bicyclic) bond motifs is 10. The molecule has 10 aromatic rings. The first-order valence-electron chi connectivity index (χ1n) is 21.7. The van der Waals surface area contributed by atoms with E-state index in [-0.39, 0.29) is 11.8 Å². The lowest BCUT2D eigenvalue weighted by Crippen LogP contribution is -2.13. The standard InChI is InChI=1S/C57H46N6/c1-6-12-40(32-58)62-54-23-19-39(53-22-18-37-14-9-10-16-51(37)61-53)26-46(54)48-28-42-34(4)35(5)43-29-49-47-27-38(52-21-17-36(8-3)50(60-52)13-7-2)20-24-55(47)63(41-15-11-25-59-33-41)57(49)31-45(43)44(42)30-56(48)62/h6-35H,3,58H2,1-2,4-5H3/b12-6-,13-7-,40-32+. The fraction of sp³-hybridized carbons (Fsp3) is 0.105. The fourth-order valence-corrected chi connectivity index (χ4v) is 10.00. The van der Waals surface area contributed by atoms with Crippen molar-refractivity contribution in [3.8, 4) is 39.3 Å². The van der Waals surface area contributed by atoms with Gasteiger partial charge in [0.1, 0.15) is 0 Å². The number of hydrogen-bond donors (Lipinski definition) is 1. The van der Waals surface area contributed by atoms with Crippen molar-refractivity contribution < 1.29 is 0 Å². The van der Waals surface area contributed by atoms with Crippen molar-refractivity contribution in [3.05, 3.63) is 187 Å². The molecule has 0 radical (unpaired) electrons. The van der Waals surface area contributed by atoms with Gasteiger partial charge >= 0.3 is 0 Å². The third-order valence-electron chi connectivity index (χ3n) is 13.3. The van der Waals surface area contributed by atoms with Crippen LogP contribution in [0.1, 0.15) is 61.9 Å². The molecule has 0 saturated carbocycles. The molecular weight excluding hydrogens is 769 g/mol. The molecule has 0 saturated heterocycles. The maximum absolute atomic E-state index is 6.45. The molecule has 0 fully saturated rings. The van der Waals surface area contributed by atoms with E-state index in [0.29, 0.717) is 0 Å². The second-order valence-electron chi connectivity index (χ2n) is 16.7. The molecule has 11 rings (SSSR count). The Labute approximate surface area is 366 Å². The fourth-order valence-electron chi connectivity index (χ4n) is 10.00. The van der Waals surface area contributed by atoms with E-state index >= 15 is 0 Å². The topological polar surface area (TPSA) is 74.5 Å². The molecule has 6 nitrogen and oxygen atoms in total. The number of nitrogens with two attached hydrogens (primary N) is 1. The average Bonchev–Trinajstić information content (AvgIpc) is 3.82. The summed E-state index contributed by atoms with van der Waals surface area (Å²) < 4.78 is 4.68. The zero-order chi connectivity index (χ0) is 42.9. The Kier molecular flexibility index (Phi) is 9.05. The van der Waals surface area contributed by atoms with Crippen LogP contribution in [0.15, 0.2) is 165 Å². The van der Waals surface area contributed by atoms with Crippen molar-refractivity contribution in [1.29, 1.82) is 0 Å². The molecule has 0 bridgehead atoms. The van der Waals surface area contributed by atoms with E-state index in [4.69, 9.17) is 15.7 Å². The predicted octanol–water partition coefficient (Wildman–Crippen LogP) is 14.5. The van der Waals surface area contributed by atoms with Gasteiger partial charge in [-0.15, -0.1) is 0 Å². The second kappa shape index (κ2) is 15.0. The van der Waals surface area contributed by atoms with Gasteiger partial charge in [-0.25, -0.2) is 9.97 Å². The van der Waals surface area contributed by atoms with Crippen molar-refractivity contribution in [2.75, 3.05) is 0 Å². The summed E-state index contributed by atoms with van der Waals surface area (Å²) in [4.78, 5) is 14.7. The summed E-state index contributed by atoms with van der Waals surface area (Å²) in [7, 11) is 0. The predicted molar refractivity (Wildman–Crippen MR) is 266 cm³/mol. The highest BCUT2D eigenvalue weighted by Gasteiger charge is 2.31. The molecule has 5 aromatic heterocycles. The number of allylic oxidation sites excluding steroid dienone is 4. The number of pyridine rings is 3. The number of rotatable bonds is 7. The lowest BCUT2D eigenvalue weighted by Gasteiger charge is -2.32. The Hall–Kier alpha value is -7.83. The SMILES string of the molecule is C=Cc1ccc(-c2ccc3c(c2)c2cc4c(cc2n3-c2cccnc2)-c2cc3c(cc2C(C)C4C)c2cc(-c4ccc5ccccc5n4)ccc2n3C(/C=C\C)=C/N)nc1/C=C\C. The number of para-hydroxylation sites is 1. The Morgan fingerprint density at radius 1 is 0.651 bits per heavy atom. The second-order valence-corrected chi connectivity index (χ2v) is 16.7. The molecule has 2 atom stereocenters. The zero-order valence-corrected chi connectivity index (χ0v) is 35.8. The summed E-state index contributed by atoms with van der Waals surface area (Å²) in [5.41, 5.74) is 25.0. The third-order valence-corrected chi connectivity index (χ3v) is 13.3. The molecule has 1 aliphatic carbocycles. The average molecular weight is 815 g/mol. The van der Waals surface area contributed by atoms with Crippen molar-refractivity contribution in [2.45, 2.75) is 39.5 Å². The quantitative estimate of drug-likeness (QED) is 0.163. The molecule has 63 heavy (non-hydrogen) atoms. The minimum absolute atomic E-state index is 0.262. The molecule has 0 amide bonds. The maximum atomic E-state index is 6.45. The van der Waals surface area contributed by atoms with E-state index < -0.39 is 0 Å². The van der Waals surface area contributed by atoms with Crippen molar-refractivity contribution in [3.63, 3.8) is 0 Å². The molecule has 2 unspecified atom stereocenters. The summed E-state index contributed by atoms with van der Waals surface area (Å²) in [6.45, 7) is 12.8. The smallest absolute Gasteiger partial charge is 0.0709 e. The summed E-state index contributed by atoms with van der Waals surface area (Å²) in [5.74, 6) is 0.525. The van der Waals surface area contributed by atoms with Crippen LogP contribution in [0, 0.1) is 0 Å². The first-order chi connectivity index (χ1) is 30.9. The molecule has 6 heteroatoms. The maximum Gasteiger partial charge on any atom is 0.0709 e. The Morgan fingerprint density at radius 2 is 1.32 bits per heavy atom. The van der Waals surface area contributed by atoms with Gasteiger partial charge < -0.3 is 14.9 Å². The van der Waals surface area contributed by atoms with Gasteiger partial charge in [-0.1, -0.05) is 81.1 Å². The monoisotopic (exact) mass is 814 g/mol. The molecule has 5 aromatic carbocycles. The highest BCUT2D eigenvalue weighted by atomic mass is 15.0. The van der Waals surface area contributed by atoms with E-state index in [1.165, 1.54) is 43.8 Å². The van der Waals surface area contributed by atoms with E-state index in [0.717, 1.165) is 78.1 Å². The minimum Gasteiger partial charge on any atom is -0.403 e. The van der Waals surface area contributed by atoms with Gasteiger partial charge in [0.05, 0.1) is 62.2 Å². The van der Waals surface area contributed by atoms with Gasteiger partial charge in [-0.2, -0.15) is 0 Å². The van der Waals surface area contributed by atoms with Crippen LogP contribution >= 0.6 is 0 Å². The van der Waals surface area contributed by atoms with Crippen molar-refractivity contribution in [1.82, 2.24) is 24.1 Å². The van der Waals surface area contributed by atoms with Crippen LogP contribution in [0.3, 0.4) is 0 Å². The number of nitrogens with zero attached hydrogens (tertiary/aromatic N) is 5. The summed E-state index contributed by atoms with van der Waals surface area (Å²) >= 11 is 0. The van der Waals surface area contributed by atoms with Gasteiger partial charge in [0.2, 0.25) is 0 Å². The lowest BCUT2D eigenvalue weighted by atomic mass is 9.72. The van der Waals surface area contributed by atoms with Gasteiger partial charge in [0, 0.05) is 50.5 Å². The van der Waals surface area contributed by atoms with Crippen LogP contribution in [-0.2, 0) is 0 Å². The number of hydrogen-bond acceptors (Lipinski definition) is 4. The van der Waals surface area contributed by atoms with Crippen molar-refractivity contribution in [2.24, 2.45) is 5.73 Å². The normalized spacial score (nSPS) is 15.4. The molecule has 0 aliphatic heterocycles. The first kappa shape index (κ1) is 38.1. The Bertz CT molecular complexity index is 3600. The van der Waals surface area contributed by atoms with Gasteiger partial charge in [-0.3, -0.25) is 4.98 Å². The van der Waals surface area contributed by atoms with Crippen LogP contribution in [0.5, 0.6) is 0 Å². The molecule has 5 heterocycles. The van der Waals surface area contributed by atoms with Crippen LogP contribution in [-0.4, -0.2) is 24.1 Å². The van der Waals surface area contributed by atoms with Crippen LogP contribution < -0.4 is 5.73 Å². The summed E-state index contributed by atoms with van der Waals surface area (Å²) in [6.07, 6.45) is 15.6. The van der Waals surface area contributed by atoms with Crippen LogP contribution in [0.2, 0.25) is 0 Å². The minimum atomic E-state index is 0.262. The van der Waals surface area contributed by atoms with Crippen molar-refractivity contribution >= 4 is 72.4 Å². The van der Waals surface area contributed by atoms with E-state index in [1.807, 2.05) is 62.7 Å². The Morgan fingerprint density at radius 3 is 2.02 bits per heavy atom. The van der Waals surface area contributed by atoms with E-state index in [1.54, 1.807) is 6.20 Å². The first-order valence-corrected chi connectivity index (χ1v) is 21.7. The zero-order valence-electron chi connectivity index (χ0n) is 35.8. The summed E-state index contributed by atoms with van der Waals surface area (Å²) in [5, 5.41) is 5.89. The molecule has 1 aliphatic rings. The summed E-state index contributed by atoms with van der Waals surface area (Å²) in [6, 6.07) is 44.1.